The van der Waals surface area contributed by atoms with Gasteiger partial charge in [-0.2, -0.15) is 9.40 Å². The van der Waals surface area contributed by atoms with Crippen LogP contribution in [0, 0.1) is 6.92 Å². The second-order valence-electron chi connectivity index (χ2n) is 5.25. The van der Waals surface area contributed by atoms with Gasteiger partial charge < -0.3 is 0 Å². The van der Waals surface area contributed by atoms with Crippen LogP contribution in [0.3, 0.4) is 0 Å². The van der Waals surface area contributed by atoms with Crippen molar-refractivity contribution in [1.82, 2.24) is 24.5 Å². The smallest absolute Gasteiger partial charge is 0.211 e. The SMILES string of the molecule is Cc1cc(-c2ccn[nH]2)nc(C2CCCN2S(C)(=O)=O)n1. The summed E-state index contributed by atoms with van der Waals surface area (Å²) < 4.78 is 25.2. The van der Waals surface area contributed by atoms with Crippen LogP contribution < -0.4 is 0 Å². The molecule has 0 saturated carbocycles. The van der Waals surface area contributed by atoms with Gasteiger partial charge in [0.25, 0.3) is 0 Å². The van der Waals surface area contributed by atoms with E-state index in [0.29, 0.717) is 12.4 Å². The summed E-state index contributed by atoms with van der Waals surface area (Å²) in [4.78, 5) is 8.97. The zero-order valence-electron chi connectivity index (χ0n) is 11.9. The fourth-order valence-electron chi connectivity index (χ4n) is 2.67. The number of aryl methyl sites for hydroxylation is 1. The first-order valence-electron chi connectivity index (χ1n) is 6.77. The Hall–Kier alpha value is -1.80. The molecule has 1 aliphatic heterocycles. The Balaban J connectivity index is 2.03. The Kier molecular flexibility index (Phi) is 3.50. The molecule has 0 aromatic carbocycles. The minimum Gasteiger partial charge on any atom is -0.276 e. The van der Waals surface area contributed by atoms with Gasteiger partial charge >= 0.3 is 0 Å². The average molecular weight is 307 g/mol. The molecule has 1 fully saturated rings. The van der Waals surface area contributed by atoms with Gasteiger partial charge in [-0.25, -0.2) is 18.4 Å². The molecular formula is C13H17N5O2S. The predicted octanol–water partition coefficient (Wildman–Crippen LogP) is 1.27. The molecule has 3 heterocycles. The molecule has 1 N–H and O–H groups in total. The highest BCUT2D eigenvalue weighted by Gasteiger charge is 2.34. The maximum atomic E-state index is 11.9. The van der Waals surface area contributed by atoms with Gasteiger partial charge in [-0.15, -0.1) is 0 Å². The molecule has 0 spiro atoms. The van der Waals surface area contributed by atoms with Crippen LogP contribution in [0.2, 0.25) is 0 Å². The van der Waals surface area contributed by atoms with Crippen molar-refractivity contribution in [2.75, 3.05) is 12.8 Å². The van der Waals surface area contributed by atoms with Gasteiger partial charge in [0.15, 0.2) is 0 Å². The van der Waals surface area contributed by atoms with Gasteiger partial charge in [0.1, 0.15) is 5.82 Å². The molecule has 112 valence electrons. The van der Waals surface area contributed by atoms with Gasteiger partial charge in [0, 0.05) is 18.4 Å². The number of sulfonamides is 1. The minimum absolute atomic E-state index is 0.276. The zero-order valence-corrected chi connectivity index (χ0v) is 12.8. The van der Waals surface area contributed by atoms with Gasteiger partial charge in [0.05, 0.1) is 23.7 Å². The molecule has 3 rings (SSSR count). The van der Waals surface area contributed by atoms with Crippen LogP contribution in [0.4, 0.5) is 0 Å². The Labute approximate surface area is 123 Å². The van der Waals surface area contributed by atoms with E-state index in [1.807, 2.05) is 19.1 Å². The van der Waals surface area contributed by atoms with Crippen LogP contribution in [-0.4, -0.2) is 45.7 Å². The van der Waals surface area contributed by atoms with Crippen molar-refractivity contribution in [3.8, 4) is 11.4 Å². The van der Waals surface area contributed by atoms with Crippen molar-refractivity contribution in [2.45, 2.75) is 25.8 Å². The number of aromatic nitrogens is 4. The third-order valence-corrected chi connectivity index (χ3v) is 4.86. The maximum Gasteiger partial charge on any atom is 0.211 e. The number of nitrogens with one attached hydrogen (secondary N) is 1. The summed E-state index contributed by atoms with van der Waals surface area (Å²) in [5.41, 5.74) is 2.34. The number of H-pyrrole nitrogens is 1. The van der Waals surface area contributed by atoms with E-state index in [9.17, 15) is 8.42 Å². The molecule has 21 heavy (non-hydrogen) atoms. The van der Waals surface area contributed by atoms with E-state index in [2.05, 4.69) is 20.2 Å². The van der Waals surface area contributed by atoms with E-state index < -0.39 is 10.0 Å². The standard InChI is InChI=1S/C13H17N5O2S/c1-9-8-11(10-5-6-14-17-10)16-13(15-9)12-4-3-7-18(12)21(2,19)20/h5-6,8,12H,3-4,7H2,1-2H3,(H,14,17). The molecule has 0 aliphatic carbocycles. The fraction of sp³-hybridized carbons (Fsp3) is 0.462. The number of aromatic amines is 1. The van der Waals surface area contributed by atoms with Crippen LogP contribution >= 0.6 is 0 Å². The minimum atomic E-state index is -3.25. The van der Waals surface area contributed by atoms with Gasteiger partial charge in [-0.3, -0.25) is 5.10 Å². The van der Waals surface area contributed by atoms with E-state index in [0.717, 1.165) is 29.9 Å². The number of hydrogen-bond donors (Lipinski definition) is 1. The lowest BCUT2D eigenvalue weighted by Crippen LogP contribution is -2.30. The number of rotatable bonds is 3. The van der Waals surface area contributed by atoms with Gasteiger partial charge in [-0.05, 0) is 31.9 Å². The normalized spacial score (nSPS) is 20.0. The third kappa shape index (κ3) is 2.81. The van der Waals surface area contributed by atoms with Crippen molar-refractivity contribution >= 4 is 10.0 Å². The van der Waals surface area contributed by atoms with Crippen molar-refractivity contribution in [3.05, 3.63) is 29.8 Å². The summed E-state index contributed by atoms with van der Waals surface area (Å²) in [6.45, 7) is 2.41. The average Bonchev–Trinajstić information content (AvgIpc) is 3.09. The molecule has 2 aromatic rings. The fourth-order valence-corrected chi connectivity index (χ4v) is 3.79. The van der Waals surface area contributed by atoms with E-state index in [4.69, 9.17) is 0 Å². The number of nitrogens with zero attached hydrogens (tertiary/aromatic N) is 4. The van der Waals surface area contributed by atoms with Crippen LogP contribution in [-0.2, 0) is 10.0 Å². The summed E-state index contributed by atoms with van der Waals surface area (Å²) >= 11 is 0. The molecule has 2 aromatic heterocycles. The Morgan fingerprint density at radius 3 is 2.86 bits per heavy atom. The van der Waals surface area contributed by atoms with Crippen molar-refractivity contribution in [3.63, 3.8) is 0 Å². The predicted molar refractivity (Wildman–Crippen MR) is 77.9 cm³/mol. The Bertz CT molecular complexity index is 742. The molecule has 1 aliphatic rings. The van der Waals surface area contributed by atoms with E-state index in [-0.39, 0.29) is 6.04 Å². The molecule has 8 heteroatoms. The lowest BCUT2D eigenvalue weighted by atomic mass is 10.2. The summed E-state index contributed by atoms with van der Waals surface area (Å²) in [5, 5.41) is 6.79. The highest BCUT2D eigenvalue weighted by Crippen LogP contribution is 2.32. The molecule has 1 atom stereocenters. The quantitative estimate of drug-likeness (QED) is 0.922. The van der Waals surface area contributed by atoms with E-state index >= 15 is 0 Å². The molecular weight excluding hydrogens is 290 g/mol. The lowest BCUT2D eigenvalue weighted by Gasteiger charge is -2.21. The van der Waals surface area contributed by atoms with E-state index in [1.165, 1.54) is 10.6 Å². The molecule has 0 bridgehead atoms. The van der Waals surface area contributed by atoms with Crippen LogP contribution in [0.1, 0.15) is 30.4 Å². The molecule has 1 unspecified atom stereocenters. The maximum absolute atomic E-state index is 11.9. The van der Waals surface area contributed by atoms with Gasteiger partial charge in [-0.1, -0.05) is 0 Å². The zero-order chi connectivity index (χ0) is 15.0. The third-order valence-electron chi connectivity index (χ3n) is 3.58. The second-order valence-corrected chi connectivity index (χ2v) is 7.19. The first-order valence-corrected chi connectivity index (χ1v) is 8.62. The number of hydrogen-bond acceptors (Lipinski definition) is 5. The summed E-state index contributed by atoms with van der Waals surface area (Å²) in [7, 11) is -3.25. The van der Waals surface area contributed by atoms with Crippen molar-refractivity contribution < 1.29 is 8.42 Å². The van der Waals surface area contributed by atoms with Gasteiger partial charge in [0.2, 0.25) is 10.0 Å². The first kappa shape index (κ1) is 14.2. The molecule has 1 saturated heterocycles. The second kappa shape index (κ2) is 5.19. The highest BCUT2D eigenvalue weighted by atomic mass is 32.2. The largest absolute Gasteiger partial charge is 0.276 e. The summed E-state index contributed by atoms with van der Waals surface area (Å²) in [6, 6.07) is 3.41. The van der Waals surface area contributed by atoms with Crippen LogP contribution in [0.15, 0.2) is 18.3 Å². The topological polar surface area (TPSA) is 91.8 Å². The summed E-state index contributed by atoms with van der Waals surface area (Å²) in [5.74, 6) is 0.558. The van der Waals surface area contributed by atoms with Crippen molar-refractivity contribution in [1.29, 1.82) is 0 Å². The monoisotopic (exact) mass is 307 g/mol. The Morgan fingerprint density at radius 2 is 2.19 bits per heavy atom. The lowest BCUT2D eigenvalue weighted by molar-refractivity contribution is 0.386. The van der Waals surface area contributed by atoms with Crippen LogP contribution in [0.5, 0.6) is 0 Å². The molecule has 0 radical (unpaired) electrons. The first-order chi connectivity index (χ1) is 9.95. The van der Waals surface area contributed by atoms with E-state index in [1.54, 1.807) is 6.20 Å². The van der Waals surface area contributed by atoms with Crippen LogP contribution in [0.25, 0.3) is 11.4 Å². The molecule has 0 amide bonds. The van der Waals surface area contributed by atoms with Crippen molar-refractivity contribution in [2.24, 2.45) is 0 Å². The highest BCUT2D eigenvalue weighted by molar-refractivity contribution is 7.88. The summed E-state index contributed by atoms with van der Waals surface area (Å²) in [6.07, 6.45) is 4.47. The molecule has 7 nitrogen and oxygen atoms in total. The Morgan fingerprint density at radius 1 is 1.38 bits per heavy atom.